The number of benzene rings is 3. The summed E-state index contributed by atoms with van der Waals surface area (Å²) in [4.78, 5) is 0. The molecule has 3 aromatic rings. The van der Waals surface area contributed by atoms with Gasteiger partial charge in [0.05, 0.1) is 0 Å². The van der Waals surface area contributed by atoms with E-state index in [1.54, 1.807) is 0 Å². The van der Waals surface area contributed by atoms with Crippen LogP contribution < -0.4 is 15.9 Å². The lowest BCUT2D eigenvalue weighted by Gasteiger charge is -2.24. The topological polar surface area (TPSA) is 0 Å². The molecular weight excluding hydrogens is 343 g/mol. The van der Waals surface area contributed by atoms with Crippen molar-refractivity contribution < 1.29 is 0 Å². The minimum Gasteiger partial charge on any atom is -0.0740 e. The van der Waals surface area contributed by atoms with Gasteiger partial charge >= 0.3 is 0 Å². The molecule has 1 atom stereocenters. The predicted octanol–water partition coefficient (Wildman–Crippen LogP) is 5.81. The molecule has 0 nitrogen and oxygen atoms in total. The van der Waals surface area contributed by atoms with E-state index in [-0.39, 0.29) is 0 Å². The van der Waals surface area contributed by atoms with Gasteiger partial charge in [-0.1, -0.05) is 104 Å². The van der Waals surface area contributed by atoms with E-state index in [0.29, 0.717) is 5.92 Å². The fourth-order valence-electron chi connectivity index (χ4n) is 4.06. The number of hydrogen-bond donors (Lipinski definition) is 0. The maximum atomic E-state index is 2.40. The average Bonchev–Trinajstić information content (AvgIpc) is 2.96. The van der Waals surface area contributed by atoms with E-state index in [9.17, 15) is 0 Å². The molecule has 0 aliphatic heterocycles. The molecule has 4 rings (SSSR count). The van der Waals surface area contributed by atoms with Gasteiger partial charge in [-0.15, -0.1) is 0 Å². The van der Waals surface area contributed by atoms with E-state index >= 15 is 0 Å². The predicted molar refractivity (Wildman–Crippen MR) is 121 cm³/mol. The van der Waals surface area contributed by atoms with Gasteiger partial charge in [0.15, 0.2) is 0 Å². The zero-order chi connectivity index (χ0) is 18.8. The maximum absolute atomic E-state index is 2.40. The third-order valence-corrected chi connectivity index (χ3v) is 7.92. The first kappa shape index (κ1) is 18.0. The molecular formula is C26H25P. The number of hydrogen-bond acceptors (Lipinski definition) is 0. The van der Waals surface area contributed by atoms with Crippen molar-refractivity contribution in [2.75, 3.05) is 0 Å². The molecule has 0 N–H and O–H groups in total. The van der Waals surface area contributed by atoms with Crippen molar-refractivity contribution in [1.29, 1.82) is 0 Å². The SMILES string of the molecule is CC1=CC(C)C(c2ccccc2P(c2ccccc2)c2ccccc2)=C1C. The van der Waals surface area contributed by atoms with E-state index in [0.717, 1.165) is 0 Å². The summed E-state index contributed by atoms with van der Waals surface area (Å²) in [6, 6.07) is 31.0. The van der Waals surface area contributed by atoms with Crippen molar-refractivity contribution in [3.05, 3.63) is 108 Å². The van der Waals surface area contributed by atoms with Crippen LogP contribution in [-0.4, -0.2) is 0 Å². The van der Waals surface area contributed by atoms with Crippen LogP contribution in [0.2, 0.25) is 0 Å². The molecule has 0 heterocycles. The highest BCUT2D eigenvalue weighted by Gasteiger charge is 2.25. The molecule has 0 radical (unpaired) electrons. The minimum atomic E-state index is -0.593. The van der Waals surface area contributed by atoms with Crippen LogP contribution in [0.25, 0.3) is 5.57 Å². The Morgan fingerprint density at radius 1 is 0.667 bits per heavy atom. The van der Waals surface area contributed by atoms with Crippen LogP contribution in [0.15, 0.2) is 102 Å². The average molecular weight is 368 g/mol. The molecule has 1 heteroatoms. The molecule has 1 aliphatic carbocycles. The Balaban J connectivity index is 1.93. The van der Waals surface area contributed by atoms with E-state index in [1.807, 2.05) is 0 Å². The summed E-state index contributed by atoms with van der Waals surface area (Å²) >= 11 is 0. The Labute approximate surface area is 164 Å². The van der Waals surface area contributed by atoms with E-state index < -0.39 is 7.92 Å². The fraction of sp³-hybridized carbons (Fsp3) is 0.154. The molecule has 0 saturated heterocycles. The van der Waals surface area contributed by atoms with Gasteiger partial charge in [-0.3, -0.25) is 0 Å². The first-order chi connectivity index (χ1) is 13.2. The molecule has 0 bridgehead atoms. The monoisotopic (exact) mass is 368 g/mol. The zero-order valence-corrected chi connectivity index (χ0v) is 17.1. The van der Waals surface area contributed by atoms with Gasteiger partial charge < -0.3 is 0 Å². The Hall–Kier alpha value is -2.43. The minimum absolute atomic E-state index is 0.467. The van der Waals surface area contributed by atoms with Crippen molar-refractivity contribution in [3.63, 3.8) is 0 Å². The number of rotatable bonds is 4. The highest BCUT2D eigenvalue weighted by molar-refractivity contribution is 7.80. The van der Waals surface area contributed by atoms with Gasteiger partial charge in [-0.2, -0.15) is 0 Å². The third-order valence-electron chi connectivity index (χ3n) is 5.41. The molecule has 3 aromatic carbocycles. The largest absolute Gasteiger partial charge is 0.0740 e. The van der Waals surface area contributed by atoms with Crippen molar-refractivity contribution in [2.24, 2.45) is 5.92 Å². The normalized spacial score (nSPS) is 16.7. The van der Waals surface area contributed by atoms with Crippen molar-refractivity contribution in [2.45, 2.75) is 20.8 Å². The van der Waals surface area contributed by atoms with Crippen LogP contribution in [0.4, 0.5) is 0 Å². The van der Waals surface area contributed by atoms with E-state index in [2.05, 4.69) is 112 Å². The van der Waals surface area contributed by atoms with E-state index in [1.165, 1.54) is 38.2 Å². The zero-order valence-electron chi connectivity index (χ0n) is 16.2. The van der Waals surface area contributed by atoms with Gasteiger partial charge in [-0.25, -0.2) is 0 Å². The Morgan fingerprint density at radius 3 is 1.70 bits per heavy atom. The molecule has 0 aromatic heterocycles. The van der Waals surface area contributed by atoms with Gasteiger partial charge in [-0.05, 0) is 54.4 Å². The lowest BCUT2D eigenvalue weighted by molar-refractivity contribution is 0.977. The second-order valence-electron chi connectivity index (χ2n) is 7.20. The summed E-state index contributed by atoms with van der Waals surface area (Å²) < 4.78 is 0. The summed E-state index contributed by atoms with van der Waals surface area (Å²) in [7, 11) is -0.593. The second-order valence-corrected chi connectivity index (χ2v) is 9.39. The van der Waals surface area contributed by atoms with E-state index in [4.69, 9.17) is 0 Å². The van der Waals surface area contributed by atoms with Crippen LogP contribution in [0.1, 0.15) is 26.3 Å². The van der Waals surface area contributed by atoms with Gasteiger partial charge in [0, 0.05) is 5.92 Å². The van der Waals surface area contributed by atoms with Gasteiger partial charge in [0.25, 0.3) is 0 Å². The Morgan fingerprint density at radius 2 is 1.19 bits per heavy atom. The quantitative estimate of drug-likeness (QED) is 0.510. The Kier molecular flexibility index (Phi) is 5.10. The summed E-state index contributed by atoms with van der Waals surface area (Å²) in [6.45, 7) is 6.83. The van der Waals surface area contributed by atoms with Crippen LogP contribution in [-0.2, 0) is 0 Å². The molecule has 134 valence electrons. The first-order valence-corrected chi connectivity index (χ1v) is 10.9. The summed E-state index contributed by atoms with van der Waals surface area (Å²) in [5, 5.41) is 4.26. The van der Waals surface area contributed by atoms with Crippen molar-refractivity contribution >= 4 is 29.4 Å². The van der Waals surface area contributed by atoms with Crippen molar-refractivity contribution in [3.8, 4) is 0 Å². The van der Waals surface area contributed by atoms with Crippen LogP contribution in [0.5, 0.6) is 0 Å². The van der Waals surface area contributed by atoms with Crippen LogP contribution >= 0.6 is 7.92 Å². The molecule has 0 spiro atoms. The molecule has 0 amide bonds. The summed E-state index contributed by atoms with van der Waals surface area (Å²) in [5.74, 6) is 0.467. The second kappa shape index (κ2) is 7.67. The third kappa shape index (κ3) is 3.43. The molecule has 0 fully saturated rings. The first-order valence-electron chi connectivity index (χ1n) is 9.56. The van der Waals surface area contributed by atoms with Gasteiger partial charge in [0.1, 0.15) is 0 Å². The standard InChI is InChI=1S/C26H25P/c1-19-18-20(2)26(21(19)3)24-16-10-11-17-25(24)27(22-12-6-4-7-13-22)23-14-8-5-9-15-23/h4-18,20H,1-3H3. The van der Waals surface area contributed by atoms with Crippen LogP contribution in [0.3, 0.4) is 0 Å². The number of allylic oxidation sites excluding steroid dienone is 4. The molecule has 1 aliphatic rings. The van der Waals surface area contributed by atoms with Crippen molar-refractivity contribution in [1.82, 2.24) is 0 Å². The lowest BCUT2D eigenvalue weighted by atomic mass is 9.94. The maximum Gasteiger partial charge on any atom is 0.000427 e. The summed E-state index contributed by atoms with van der Waals surface area (Å²) in [6.07, 6.45) is 2.40. The molecule has 1 unspecified atom stereocenters. The fourth-order valence-corrected chi connectivity index (χ4v) is 6.53. The Bertz CT molecular complexity index is 957. The smallest absolute Gasteiger partial charge is 0.000427 e. The molecule has 27 heavy (non-hydrogen) atoms. The van der Waals surface area contributed by atoms with Gasteiger partial charge in [0.2, 0.25) is 0 Å². The highest BCUT2D eigenvalue weighted by atomic mass is 31.1. The van der Waals surface area contributed by atoms with Crippen LogP contribution in [0, 0.1) is 5.92 Å². The highest BCUT2D eigenvalue weighted by Crippen LogP contribution is 2.41. The summed E-state index contributed by atoms with van der Waals surface area (Å²) in [5.41, 5.74) is 5.75. The lowest BCUT2D eigenvalue weighted by Crippen LogP contribution is -2.23. The molecule has 0 saturated carbocycles.